The van der Waals surface area contributed by atoms with E-state index < -0.39 is 5.97 Å². The lowest BCUT2D eigenvalue weighted by Gasteiger charge is -2.09. The Labute approximate surface area is 165 Å². The molecule has 0 fully saturated rings. The Kier molecular flexibility index (Phi) is 19.0. The zero-order valence-electron chi connectivity index (χ0n) is 16.9. The zero-order valence-corrected chi connectivity index (χ0v) is 16.9. The summed E-state index contributed by atoms with van der Waals surface area (Å²) in [7, 11) is 0. The molecule has 0 radical (unpaired) electrons. The zero-order chi connectivity index (χ0) is 20.0. The number of hydrogen-bond donors (Lipinski definition) is 2. The Hall–Kier alpha value is -1.87. The normalized spacial score (nSPS) is 13.9. The van der Waals surface area contributed by atoms with Crippen LogP contribution in [0.25, 0.3) is 0 Å². The third-order valence-electron chi connectivity index (χ3n) is 4.20. The minimum Gasteiger partial charge on any atom is -0.478 e. The molecule has 0 saturated heterocycles. The van der Waals surface area contributed by atoms with Crippen molar-refractivity contribution in [2.45, 2.75) is 83.7 Å². The van der Waals surface area contributed by atoms with Crippen LogP contribution in [-0.4, -0.2) is 22.3 Å². The Morgan fingerprint density at radius 1 is 0.741 bits per heavy atom. The summed E-state index contributed by atoms with van der Waals surface area (Å²) in [6.07, 6.45) is 30.7. The number of carboxylic acids is 1. The second-order valence-electron chi connectivity index (χ2n) is 6.77. The highest BCUT2D eigenvalue weighted by Gasteiger charge is 2.02. The van der Waals surface area contributed by atoms with E-state index in [2.05, 4.69) is 19.1 Å². The van der Waals surface area contributed by atoms with E-state index in [9.17, 15) is 9.90 Å². The topological polar surface area (TPSA) is 57.5 Å². The molecule has 0 saturated carbocycles. The van der Waals surface area contributed by atoms with E-state index in [1.54, 1.807) is 12.2 Å². The number of carboxylic acid groups (broad SMARTS) is 1. The van der Waals surface area contributed by atoms with E-state index >= 15 is 0 Å². The van der Waals surface area contributed by atoms with Gasteiger partial charge in [-0.25, -0.2) is 4.79 Å². The van der Waals surface area contributed by atoms with E-state index in [0.717, 1.165) is 38.2 Å². The van der Waals surface area contributed by atoms with Crippen molar-refractivity contribution in [2.24, 2.45) is 0 Å². The van der Waals surface area contributed by atoms with Gasteiger partial charge in [0.2, 0.25) is 0 Å². The second-order valence-corrected chi connectivity index (χ2v) is 6.77. The first-order valence-corrected chi connectivity index (χ1v) is 10.4. The number of aliphatic carboxylic acids is 1. The molecule has 0 aliphatic rings. The van der Waals surface area contributed by atoms with Crippen LogP contribution in [0.3, 0.4) is 0 Å². The molecular formula is C24H38O3. The fourth-order valence-electron chi connectivity index (χ4n) is 2.64. The summed E-state index contributed by atoms with van der Waals surface area (Å²) in [6.45, 7) is 2.19. The standard InChI is InChI=1S/C24H38O3/c1-2-3-17-20-23(25)21-18-15-13-11-9-7-5-4-6-8-10-12-14-16-19-22-24(26)27/h4-6,8,10,12,14,16,19,22-23,25H,2-3,7,9,11,13,15,17-18,20-21H2,1H3,(H,26,27)/b5-4+,8-6+,12-10+,16-14+,22-19+. The summed E-state index contributed by atoms with van der Waals surface area (Å²) in [4.78, 5) is 10.2. The molecule has 3 heteroatoms. The first-order valence-electron chi connectivity index (χ1n) is 10.4. The smallest absolute Gasteiger partial charge is 0.328 e. The van der Waals surface area contributed by atoms with Gasteiger partial charge in [-0.05, 0) is 25.7 Å². The molecule has 27 heavy (non-hydrogen) atoms. The van der Waals surface area contributed by atoms with E-state index in [-0.39, 0.29) is 6.10 Å². The van der Waals surface area contributed by atoms with Crippen molar-refractivity contribution < 1.29 is 15.0 Å². The third kappa shape index (κ3) is 22.1. The first kappa shape index (κ1) is 25.1. The molecule has 0 bridgehead atoms. The van der Waals surface area contributed by atoms with Crippen LogP contribution in [0.2, 0.25) is 0 Å². The quantitative estimate of drug-likeness (QED) is 0.173. The van der Waals surface area contributed by atoms with Crippen LogP contribution < -0.4 is 0 Å². The van der Waals surface area contributed by atoms with Crippen LogP contribution in [0.4, 0.5) is 0 Å². The van der Waals surface area contributed by atoms with Crippen molar-refractivity contribution in [1.29, 1.82) is 0 Å². The molecule has 0 heterocycles. The van der Waals surface area contributed by atoms with E-state index in [0.29, 0.717) is 0 Å². The predicted molar refractivity (Wildman–Crippen MR) is 116 cm³/mol. The minimum absolute atomic E-state index is 0.0861. The van der Waals surface area contributed by atoms with Gasteiger partial charge in [-0.2, -0.15) is 0 Å². The number of unbranched alkanes of at least 4 members (excludes halogenated alkanes) is 7. The van der Waals surface area contributed by atoms with Crippen LogP contribution in [0.5, 0.6) is 0 Å². The molecule has 0 aromatic rings. The summed E-state index contributed by atoms with van der Waals surface area (Å²) < 4.78 is 0. The molecular weight excluding hydrogens is 336 g/mol. The molecule has 0 amide bonds. The highest BCUT2D eigenvalue weighted by atomic mass is 16.4. The maximum Gasteiger partial charge on any atom is 0.328 e. The summed E-state index contributed by atoms with van der Waals surface area (Å²) in [5, 5.41) is 18.3. The maximum absolute atomic E-state index is 10.2. The van der Waals surface area contributed by atoms with E-state index in [4.69, 9.17) is 5.11 Å². The molecule has 3 nitrogen and oxygen atoms in total. The van der Waals surface area contributed by atoms with Gasteiger partial charge in [-0.3, -0.25) is 0 Å². The average Bonchev–Trinajstić information content (AvgIpc) is 2.64. The lowest BCUT2D eigenvalue weighted by molar-refractivity contribution is -0.131. The van der Waals surface area contributed by atoms with E-state index in [1.165, 1.54) is 44.6 Å². The number of rotatable bonds is 17. The molecule has 1 atom stereocenters. The molecule has 1 unspecified atom stereocenters. The van der Waals surface area contributed by atoms with E-state index in [1.807, 2.05) is 24.3 Å². The SMILES string of the molecule is CCCCCC(O)CCCCCCC/C=C/C=C/C=C/C=C/C=C/C(=O)O. The lowest BCUT2D eigenvalue weighted by atomic mass is 10.0. The molecule has 0 spiro atoms. The summed E-state index contributed by atoms with van der Waals surface area (Å²) >= 11 is 0. The third-order valence-corrected chi connectivity index (χ3v) is 4.20. The van der Waals surface area contributed by atoms with Crippen molar-refractivity contribution in [1.82, 2.24) is 0 Å². The molecule has 0 aliphatic carbocycles. The largest absolute Gasteiger partial charge is 0.478 e. The van der Waals surface area contributed by atoms with Gasteiger partial charge in [0.1, 0.15) is 0 Å². The number of aliphatic hydroxyl groups is 1. The van der Waals surface area contributed by atoms with Gasteiger partial charge in [0, 0.05) is 6.08 Å². The number of hydrogen-bond acceptors (Lipinski definition) is 2. The number of allylic oxidation sites excluding steroid dienone is 9. The van der Waals surface area contributed by atoms with Crippen LogP contribution in [0.1, 0.15) is 77.6 Å². The van der Waals surface area contributed by atoms with Crippen LogP contribution in [0.15, 0.2) is 60.8 Å². The number of aliphatic hydroxyl groups excluding tert-OH is 1. The van der Waals surface area contributed by atoms with Crippen LogP contribution in [-0.2, 0) is 4.79 Å². The fourth-order valence-corrected chi connectivity index (χ4v) is 2.64. The first-order chi connectivity index (χ1) is 13.2. The minimum atomic E-state index is -0.940. The predicted octanol–water partition coefficient (Wildman–Crippen LogP) is 6.52. The Bertz CT molecular complexity index is 484. The second kappa shape index (κ2) is 20.4. The number of carbonyl (C=O) groups is 1. The fraction of sp³-hybridized carbons (Fsp3) is 0.542. The molecule has 0 aromatic heterocycles. The molecule has 0 aliphatic heterocycles. The Balaban J connectivity index is 3.48. The van der Waals surface area contributed by atoms with Crippen molar-refractivity contribution >= 4 is 5.97 Å². The van der Waals surface area contributed by atoms with Crippen LogP contribution >= 0.6 is 0 Å². The summed E-state index contributed by atoms with van der Waals surface area (Å²) in [5.41, 5.74) is 0. The van der Waals surface area contributed by atoms with Crippen molar-refractivity contribution in [3.8, 4) is 0 Å². The van der Waals surface area contributed by atoms with Crippen molar-refractivity contribution in [3.05, 3.63) is 60.8 Å². The van der Waals surface area contributed by atoms with Gasteiger partial charge < -0.3 is 10.2 Å². The summed E-state index contributed by atoms with van der Waals surface area (Å²) in [6, 6.07) is 0. The molecule has 0 aromatic carbocycles. The van der Waals surface area contributed by atoms with Crippen molar-refractivity contribution in [3.63, 3.8) is 0 Å². The molecule has 2 N–H and O–H groups in total. The Morgan fingerprint density at radius 2 is 1.26 bits per heavy atom. The average molecular weight is 375 g/mol. The summed E-state index contributed by atoms with van der Waals surface area (Å²) in [5.74, 6) is -0.940. The monoisotopic (exact) mass is 374 g/mol. The maximum atomic E-state index is 10.2. The highest BCUT2D eigenvalue weighted by molar-refractivity contribution is 5.80. The lowest BCUT2D eigenvalue weighted by Crippen LogP contribution is -2.05. The van der Waals surface area contributed by atoms with Gasteiger partial charge in [0.05, 0.1) is 6.10 Å². The molecule has 0 rings (SSSR count). The van der Waals surface area contributed by atoms with Gasteiger partial charge in [0.25, 0.3) is 0 Å². The Morgan fingerprint density at radius 3 is 1.89 bits per heavy atom. The van der Waals surface area contributed by atoms with Gasteiger partial charge in [-0.15, -0.1) is 0 Å². The van der Waals surface area contributed by atoms with Crippen molar-refractivity contribution in [2.75, 3.05) is 0 Å². The van der Waals surface area contributed by atoms with Gasteiger partial charge in [0.15, 0.2) is 0 Å². The molecule has 152 valence electrons. The van der Waals surface area contributed by atoms with Gasteiger partial charge in [-0.1, -0.05) is 107 Å². The van der Waals surface area contributed by atoms with Crippen LogP contribution in [0, 0.1) is 0 Å². The highest BCUT2D eigenvalue weighted by Crippen LogP contribution is 2.12. The van der Waals surface area contributed by atoms with Gasteiger partial charge >= 0.3 is 5.97 Å².